The quantitative estimate of drug-likeness (QED) is 0.177. The van der Waals surface area contributed by atoms with E-state index in [9.17, 15) is 0 Å². The van der Waals surface area contributed by atoms with Crippen LogP contribution in [0.1, 0.15) is 0 Å². The lowest BCUT2D eigenvalue weighted by atomic mass is 9.98. The molecule has 0 N–H and O–H groups in total. The first-order valence-corrected chi connectivity index (χ1v) is 19.7. The number of hydrogen-bond donors (Lipinski definition) is 0. The smallest absolute Gasteiger partial charge is 0.164 e. The zero-order valence-corrected chi connectivity index (χ0v) is 31.1. The molecule has 3 aromatic heterocycles. The SMILES string of the molecule is c1ccc(-c2nc(-c3ccccc3)nc(-c3ccc4cc(-n5c6cccc7c6c6c8c(ccc9c8c8c-7cccc8n9-c7ccccc7)ccc65)ccc4c3)n2)cc1. The van der Waals surface area contributed by atoms with Crippen LogP contribution in [0.2, 0.25) is 0 Å². The average molecular weight is 738 g/mol. The first-order chi connectivity index (χ1) is 28.8. The standard InChI is InChI=1S/C53H31N5/c1-4-12-33(13-5-1)51-54-52(34-14-6-2-7-15-34)56-53(55-51)37-23-22-36-31-39(27-24-35(36)30-37)58-43-21-11-19-41-40-18-10-20-42-47(40)49-44(57(42)38-16-8-3-9-17-38)28-25-32-26-29-45(58)50(46(32)49)48(41)43/h1-31H. The van der Waals surface area contributed by atoms with E-state index in [1.165, 1.54) is 71.2 Å². The topological polar surface area (TPSA) is 48.5 Å². The molecule has 0 saturated heterocycles. The molecule has 1 aliphatic rings. The van der Waals surface area contributed by atoms with Crippen molar-refractivity contribution in [3.05, 3.63) is 188 Å². The molecular formula is C53H31N5. The van der Waals surface area contributed by atoms with Gasteiger partial charge in [-0.3, -0.25) is 0 Å². The zero-order valence-electron chi connectivity index (χ0n) is 31.1. The number of nitrogens with zero attached hydrogens (tertiary/aromatic N) is 5. The van der Waals surface area contributed by atoms with E-state index in [4.69, 9.17) is 15.0 Å². The zero-order chi connectivity index (χ0) is 37.9. The number of benzene rings is 9. The maximum Gasteiger partial charge on any atom is 0.164 e. The third kappa shape index (κ3) is 4.38. The largest absolute Gasteiger partial charge is 0.309 e. The van der Waals surface area contributed by atoms with Crippen molar-refractivity contribution in [3.8, 4) is 56.7 Å². The van der Waals surface area contributed by atoms with Gasteiger partial charge in [-0.1, -0.05) is 133 Å². The summed E-state index contributed by atoms with van der Waals surface area (Å²) in [7, 11) is 0. The molecule has 3 heterocycles. The van der Waals surface area contributed by atoms with Gasteiger partial charge >= 0.3 is 0 Å². The minimum Gasteiger partial charge on any atom is -0.309 e. The van der Waals surface area contributed by atoms with Gasteiger partial charge < -0.3 is 9.13 Å². The monoisotopic (exact) mass is 737 g/mol. The van der Waals surface area contributed by atoms with E-state index in [2.05, 4.69) is 137 Å². The molecule has 0 amide bonds. The minimum absolute atomic E-state index is 0.650. The minimum atomic E-state index is 0.650. The predicted octanol–water partition coefficient (Wildman–Crippen LogP) is 13.4. The van der Waals surface area contributed by atoms with E-state index >= 15 is 0 Å². The van der Waals surface area contributed by atoms with E-state index < -0.39 is 0 Å². The Kier molecular flexibility index (Phi) is 6.38. The second-order valence-electron chi connectivity index (χ2n) is 15.2. The highest BCUT2D eigenvalue weighted by molar-refractivity contribution is 6.38. The van der Waals surface area contributed by atoms with Crippen molar-refractivity contribution in [2.24, 2.45) is 0 Å². The van der Waals surface area contributed by atoms with Crippen LogP contribution in [-0.2, 0) is 0 Å². The molecule has 13 rings (SSSR count). The normalized spacial score (nSPS) is 12.1. The van der Waals surface area contributed by atoms with E-state index in [1.54, 1.807) is 0 Å². The number of rotatable bonds is 5. The van der Waals surface area contributed by atoms with Crippen LogP contribution in [0.3, 0.4) is 0 Å². The Morgan fingerprint density at radius 1 is 0.276 bits per heavy atom. The molecule has 0 saturated carbocycles. The molecule has 0 radical (unpaired) electrons. The Morgan fingerprint density at radius 3 is 1.33 bits per heavy atom. The van der Waals surface area contributed by atoms with Crippen molar-refractivity contribution in [2.45, 2.75) is 0 Å². The van der Waals surface area contributed by atoms with Gasteiger partial charge in [0.1, 0.15) is 0 Å². The van der Waals surface area contributed by atoms with Gasteiger partial charge in [-0.05, 0) is 81.9 Å². The molecule has 12 aromatic rings. The third-order valence-corrected chi connectivity index (χ3v) is 12.0. The molecule has 9 aromatic carbocycles. The highest BCUT2D eigenvalue weighted by Gasteiger charge is 2.27. The summed E-state index contributed by atoms with van der Waals surface area (Å²) >= 11 is 0. The first kappa shape index (κ1) is 31.3. The first-order valence-electron chi connectivity index (χ1n) is 19.7. The Hall–Kier alpha value is -7.89. The van der Waals surface area contributed by atoms with Crippen molar-refractivity contribution in [2.75, 3.05) is 0 Å². The average Bonchev–Trinajstić information content (AvgIpc) is 3.78. The summed E-state index contributed by atoms with van der Waals surface area (Å²) in [5, 5.41) is 10.1. The fourth-order valence-electron chi connectivity index (χ4n) is 9.54. The van der Waals surface area contributed by atoms with E-state index in [0.717, 1.165) is 33.2 Å². The lowest BCUT2D eigenvalue weighted by Gasteiger charge is -2.12. The Balaban J connectivity index is 1.02. The third-order valence-electron chi connectivity index (χ3n) is 12.0. The molecule has 0 fully saturated rings. The van der Waals surface area contributed by atoms with Gasteiger partial charge in [-0.25, -0.2) is 15.0 Å². The van der Waals surface area contributed by atoms with Crippen LogP contribution < -0.4 is 0 Å². The van der Waals surface area contributed by atoms with Crippen LogP contribution in [0.25, 0.3) is 122 Å². The fraction of sp³-hybridized carbons (Fsp3) is 0. The van der Waals surface area contributed by atoms with Crippen molar-refractivity contribution < 1.29 is 0 Å². The Labute approximate surface area is 332 Å². The summed E-state index contributed by atoms with van der Waals surface area (Å²) in [6, 6.07) is 67.2. The van der Waals surface area contributed by atoms with Crippen molar-refractivity contribution in [1.82, 2.24) is 24.1 Å². The van der Waals surface area contributed by atoms with Crippen molar-refractivity contribution in [3.63, 3.8) is 0 Å². The second-order valence-corrected chi connectivity index (χ2v) is 15.2. The van der Waals surface area contributed by atoms with Crippen LogP contribution in [0, 0.1) is 0 Å². The van der Waals surface area contributed by atoms with Gasteiger partial charge in [0.05, 0.1) is 22.1 Å². The van der Waals surface area contributed by atoms with Crippen LogP contribution in [-0.4, -0.2) is 24.1 Å². The van der Waals surface area contributed by atoms with E-state index in [0.29, 0.717) is 17.5 Å². The van der Waals surface area contributed by atoms with Crippen LogP contribution in [0.5, 0.6) is 0 Å². The van der Waals surface area contributed by atoms with Crippen molar-refractivity contribution >= 4 is 65.2 Å². The lowest BCUT2D eigenvalue weighted by Crippen LogP contribution is -2.00. The van der Waals surface area contributed by atoms with Crippen LogP contribution in [0.15, 0.2) is 188 Å². The summed E-state index contributed by atoms with van der Waals surface area (Å²) in [5.41, 5.74) is 12.6. The van der Waals surface area contributed by atoms with Gasteiger partial charge in [0.2, 0.25) is 0 Å². The van der Waals surface area contributed by atoms with Gasteiger partial charge in [0.25, 0.3) is 0 Å². The Bertz CT molecular complexity index is 3600. The molecule has 0 bridgehead atoms. The van der Waals surface area contributed by atoms with Gasteiger partial charge in [0, 0.05) is 55.0 Å². The van der Waals surface area contributed by atoms with E-state index in [1.807, 2.05) is 60.7 Å². The summed E-state index contributed by atoms with van der Waals surface area (Å²) in [6.45, 7) is 0. The maximum atomic E-state index is 5.00. The maximum absolute atomic E-state index is 5.00. The van der Waals surface area contributed by atoms with Gasteiger partial charge in [-0.15, -0.1) is 0 Å². The lowest BCUT2D eigenvalue weighted by molar-refractivity contribution is 1.07. The molecule has 0 unspecified atom stereocenters. The summed E-state index contributed by atoms with van der Waals surface area (Å²) in [5.74, 6) is 1.96. The molecular weight excluding hydrogens is 707 g/mol. The van der Waals surface area contributed by atoms with Crippen LogP contribution in [0.4, 0.5) is 0 Å². The molecule has 0 atom stereocenters. The number of para-hydroxylation sites is 1. The van der Waals surface area contributed by atoms with Gasteiger partial charge in [0.15, 0.2) is 17.5 Å². The summed E-state index contributed by atoms with van der Waals surface area (Å²) in [6.07, 6.45) is 0. The molecule has 0 spiro atoms. The molecule has 268 valence electrons. The number of aromatic nitrogens is 5. The summed E-state index contributed by atoms with van der Waals surface area (Å²) in [4.78, 5) is 14.9. The van der Waals surface area contributed by atoms with Crippen LogP contribution >= 0.6 is 0 Å². The molecule has 5 heteroatoms. The summed E-state index contributed by atoms with van der Waals surface area (Å²) < 4.78 is 4.90. The predicted molar refractivity (Wildman–Crippen MR) is 239 cm³/mol. The second kappa shape index (κ2) is 11.8. The molecule has 58 heavy (non-hydrogen) atoms. The van der Waals surface area contributed by atoms with Crippen molar-refractivity contribution in [1.29, 1.82) is 0 Å². The molecule has 1 aliphatic carbocycles. The van der Waals surface area contributed by atoms with E-state index in [-0.39, 0.29) is 0 Å². The number of fused-ring (bicyclic) bond motifs is 2. The highest BCUT2D eigenvalue weighted by Crippen LogP contribution is 2.51. The Morgan fingerprint density at radius 2 is 0.741 bits per heavy atom. The van der Waals surface area contributed by atoms with Gasteiger partial charge in [-0.2, -0.15) is 0 Å². The molecule has 5 nitrogen and oxygen atoms in total. The highest BCUT2D eigenvalue weighted by atomic mass is 15.0. The fourth-order valence-corrected chi connectivity index (χ4v) is 9.54. The number of hydrogen-bond acceptors (Lipinski definition) is 3. The molecule has 0 aliphatic heterocycles.